The lowest BCUT2D eigenvalue weighted by Crippen LogP contribution is -2.50. The summed E-state index contributed by atoms with van der Waals surface area (Å²) in [6.45, 7) is 2.49. The number of aromatic hydroxyl groups is 1. The second kappa shape index (κ2) is 6.56. The van der Waals surface area contributed by atoms with E-state index in [1.165, 1.54) is 12.1 Å². The first-order valence-electron chi connectivity index (χ1n) is 7.47. The van der Waals surface area contributed by atoms with Gasteiger partial charge in [0, 0.05) is 43.6 Å². The number of nitrogens with zero attached hydrogens (tertiary/aromatic N) is 2. The topological polar surface area (TPSA) is 55.8 Å². The maximum Gasteiger partial charge on any atom is 0.321 e. The Balaban J connectivity index is 1.57. The Morgan fingerprint density at radius 1 is 1.04 bits per heavy atom. The Hall–Kier alpha value is -2.76. The molecule has 2 N–H and O–H groups in total. The van der Waals surface area contributed by atoms with Gasteiger partial charge in [0.25, 0.3) is 0 Å². The van der Waals surface area contributed by atoms with Crippen LogP contribution in [0.3, 0.4) is 0 Å². The Bertz CT molecular complexity index is 700. The fraction of sp³-hybridized carbons (Fsp3) is 0.235. The summed E-state index contributed by atoms with van der Waals surface area (Å²) in [5.41, 5.74) is 1.39. The maximum absolute atomic E-state index is 13.1. The zero-order valence-electron chi connectivity index (χ0n) is 12.6. The lowest BCUT2D eigenvalue weighted by molar-refractivity contribution is 0.208. The monoisotopic (exact) mass is 315 g/mol. The quantitative estimate of drug-likeness (QED) is 0.896. The van der Waals surface area contributed by atoms with E-state index in [9.17, 15) is 14.3 Å². The highest BCUT2D eigenvalue weighted by Crippen LogP contribution is 2.21. The van der Waals surface area contributed by atoms with Crippen molar-refractivity contribution in [3.63, 3.8) is 0 Å². The van der Waals surface area contributed by atoms with Crippen molar-refractivity contribution in [3.05, 3.63) is 54.3 Å². The summed E-state index contributed by atoms with van der Waals surface area (Å²) in [4.78, 5) is 16.0. The van der Waals surface area contributed by atoms with E-state index in [1.54, 1.807) is 35.2 Å². The van der Waals surface area contributed by atoms with Gasteiger partial charge in [0.2, 0.25) is 0 Å². The first kappa shape index (κ1) is 15.1. The number of nitrogens with one attached hydrogen (secondary N) is 1. The van der Waals surface area contributed by atoms with Crippen LogP contribution in [0, 0.1) is 5.82 Å². The minimum absolute atomic E-state index is 0.230. The Labute approximate surface area is 133 Å². The van der Waals surface area contributed by atoms with Gasteiger partial charge in [-0.3, -0.25) is 0 Å². The maximum atomic E-state index is 13.1. The van der Waals surface area contributed by atoms with Gasteiger partial charge in [-0.05, 0) is 30.3 Å². The molecule has 0 bridgehead atoms. The van der Waals surface area contributed by atoms with Gasteiger partial charge >= 0.3 is 6.03 Å². The van der Waals surface area contributed by atoms with Crippen molar-refractivity contribution >= 4 is 17.4 Å². The lowest BCUT2D eigenvalue weighted by atomic mass is 10.2. The molecule has 0 saturated carbocycles. The summed E-state index contributed by atoms with van der Waals surface area (Å²) < 4.78 is 13.1. The van der Waals surface area contributed by atoms with Crippen LogP contribution in [0.25, 0.3) is 0 Å². The Morgan fingerprint density at radius 3 is 2.48 bits per heavy atom. The summed E-state index contributed by atoms with van der Waals surface area (Å²) >= 11 is 0. The number of anilines is 2. The molecule has 6 heteroatoms. The molecule has 0 spiro atoms. The molecule has 3 rings (SSSR count). The van der Waals surface area contributed by atoms with Crippen molar-refractivity contribution in [1.29, 1.82) is 0 Å². The summed E-state index contributed by atoms with van der Waals surface area (Å²) in [6.07, 6.45) is 0. The number of rotatable bonds is 2. The SMILES string of the molecule is O=C(Nc1cccc(F)c1)N1CCN(c2cccc(O)c2)CC1. The zero-order chi connectivity index (χ0) is 16.2. The van der Waals surface area contributed by atoms with Gasteiger partial charge in [-0.15, -0.1) is 0 Å². The van der Waals surface area contributed by atoms with Gasteiger partial charge in [-0.2, -0.15) is 0 Å². The van der Waals surface area contributed by atoms with Crippen LogP contribution in [-0.4, -0.2) is 42.2 Å². The van der Waals surface area contributed by atoms with Gasteiger partial charge in [0.15, 0.2) is 0 Å². The van der Waals surface area contributed by atoms with Crippen LogP contribution in [-0.2, 0) is 0 Å². The van der Waals surface area contributed by atoms with Crippen molar-refractivity contribution in [2.75, 3.05) is 36.4 Å². The van der Waals surface area contributed by atoms with E-state index in [2.05, 4.69) is 10.2 Å². The van der Waals surface area contributed by atoms with Gasteiger partial charge in [0.1, 0.15) is 11.6 Å². The molecule has 0 radical (unpaired) electrons. The van der Waals surface area contributed by atoms with Gasteiger partial charge in [0.05, 0.1) is 0 Å². The second-order valence-corrected chi connectivity index (χ2v) is 5.43. The zero-order valence-corrected chi connectivity index (χ0v) is 12.6. The van der Waals surface area contributed by atoms with Crippen LogP contribution in [0.5, 0.6) is 5.75 Å². The van der Waals surface area contributed by atoms with Gasteiger partial charge in [-0.25, -0.2) is 9.18 Å². The van der Waals surface area contributed by atoms with E-state index in [4.69, 9.17) is 0 Å². The molecule has 120 valence electrons. The summed E-state index contributed by atoms with van der Waals surface area (Å²) in [7, 11) is 0. The number of piperazine rings is 1. The minimum Gasteiger partial charge on any atom is -0.508 e. The third-order valence-corrected chi connectivity index (χ3v) is 3.84. The largest absolute Gasteiger partial charge is 0.508 e. The van der Waals surface area contributed by atoms with E-state index in [0.29, 0.717) is 31.9 Å². The molecule has 23 heavy (non-hydrogen) atoms. The van der Waals surface area contributed by atoms with E-state index in [0.717, 1.165) is 5.69 Å². The molecule has 1 aliphatic heterocycles. The number of hydrogen-bond donors (Lipinski definition) is 2. The second-order valence-electron chi connectivity index (χ2n) is 5.43. The van der Waals surface area contributed by atoms with Crippen LogP contribution < -0.4 is 10.2 Å². The highest BCUT2D eigenvalue weighted by molar-refractivity contribution is 5.89. The number of phenols is 1. The molecule has 1 fully saturated rings. The average Bonchev–Trinajstić information content (AvgIpc) is 2.55. The molecule has 1 saturated heterocycles. The van der Waals surface area contributed by atoms with Gasteiger partial charge < -0.3 is 20.2 Å². The molecule has 0 unspecified atom stereocenters. The van der Waals surface area contributed by atoms with Crippen molar-refractivity contribution in [2.45, 2.75) is 0 Å². The molecule has 2 aromatic carbocycles. The minimum atomic E-state index is -0.378. The smallest absolute Gasteiger partial charge is 0.321 e. The number of halogens is 1. The first-order valence-corrected chi connectivity index (χ1v) is 7.47. The predicted molar refractivity (Wildman–Crippen MR) is 87.3 cm³/mol. The van der Waals surface area contributed by atoms with E-state index in [-0.39, 0.29) is 17.6 Å². The number of amides is 2. The number of urea groups is 1. The van der Waals surface area contributed by atoms with E-state index >= 15 is 0 Å². The lowest BCUT2D eigenvalue weighted by Gasteiger charge is -2.36. The van der Waals surface area contributed by atoms with E-state index in [1.807, 2.05) is 6.07 Å². The number of carbonyl (C=O) groups excluding carboxylic acids is 1. The third kappa shape index (κ3) is 3.71. The number of benzene rings is 2. The molecule has 0 aromatic heterocycles. The third-order valence-electron chi connectivity index (χ3n) is 3.84. The number of phenolic OH excluding ortho intramolecular Hbond substituents is 1. The molecule has 2 aromatic rings. The van der Waals surface area contributed by atoms with Crippen LogP contribution in [0.1, 0.15) is 0 Å². The fourth-order valence-corrected chi connectivity index (χ4v) is 2.63. The van der Waals surface area contributed by atoms with Crippen molar-refractivity contribution in [1.82, 2.24) is 4.90 Å². The standard InChI is InChI=1S/C17H18FN3O2/c18-13-3-1-4-14(11-13)19-17(23)21-9-7-20(8-10-21)15-5-2-6-16(22)12-15/h1-6,11-12,22H,7-10H2,(H,19,23). The van der Waals surface area contributed by atoms with Crippen molar-refractivity contribution in [2.24, 2.45) is 0 Å². The van der Waals surface area contributed by atoms with Crippen LogP contribution >= 0.6 is 0 Å². The predicted octanol–water partition coefficient (Wildman–Crippen LogP) is 2.89. The molecule has 1 aliphatic rings. The molecule has 2 amide bonds. The Kier molecular flexibility index (Phi) is 4.32. The molecule has 0 atom stereocenters. The summed E-state index contributed by atoms with van der Waals surface area (Å²) in [6, 6.07) is 12.7. The van der Waals surface area contributed by atoms with Crippen LogP contribution in [0.15, 0.2) is 48.5 Å². The first-order chi connectivity index (χ1) is 11.1. The van der Waals surface area contributed by atoms with E-state index < -0.39 is 0 Å². The highest BCUT2D eigenvalue weighted by atomic mass is 19.1. The molecular weight excluding hydrogens is 297 g/mol. The molecule has 0 aliphatic carbocycles. The normalized spacial score (nSPS) is 14.7. The summed E-state index contributed by atoms with van der Waals surface area (Å²) in [5.74, 6) is -0.148. The Morgan fingerprint density at radius 2 is 1.78 bits per heavy atom. The highest BCUT2D eigenvalue weighted by Gasteiger charge is 2.21. The van der Waals surface area contributed by atoms with Crippen LogP contribution in [0.2, 0.25) is 0 Å². The fourth-order valence-electron chi connectivity index (χ4n) is 2.63. The molecule has 1 heterocycles. The number of hydrogen-bond acceptors (Lipinski definition) is 3. The van der Waals surface area contributed by atoms with Crippen molar-refractivity contribution < 1.29 is 14.3 Å². The van der Waals surface area contributed by atoms with Crippen LogP contribution in [0.4, 0.5) is 20.6 Å². The molecular formula is C17H18FN3O2. The van der Waals surface area contributed by atoms with Gasteiger partial charge in [-0.1, -0.05) is 12.1 Å². The molecule has 5 nitrogen and oxygen atoms in total. The summed E-state index contributed by atoms with van der Waals surface area (Å²) in [5, 5.41) is 12.2. The average molecular weight is 315 g/mol. The number of carbonyl (C=O) groups is 1. The van der Waals surface area contributed by atoms with Crippen molar-refractivity contribution in [3.8, 4) is 5.75 Å².